The predicted octanol–water partition coefficient (Wildman–Crippen LogP) is 2.65. The van der Waals surface area contributed by atoms with Crippen LogP contribution in [0.2, 0.25) is 0 Å². The summed E-state index contributed by atoms with van der Waals surface area (Å²) in [5.74, 6) is -6.30. The number of hydrogen-bond acceptors (Lipinski definition) is 13. The Kier molecular flexibility index (Phi) is 10.9. The molecule has 1 fully saturated rings. The normalized spacial score (nSPS) is 36.3. The molecule has 1 saturated heterocycles. The lowest BCUT2D eigenvalue weighted by Gasteiger charge is -2.54. The first kappa shape index (κ1) is 35.7. The van der Waals surface area contributed by atoms with Crippen molar-refractivity contribution in [1.29, 1.82) is 0 Å². The van der Waals surface area contributed by atoms with Crippen LogP contribution in [-0.4, -0.2) is 83.1 Å². The van der Waals surface area contributed by atoms with Gasteiger partial charge in [-0.25, -0.2) is 0 Å². The molecule has 13 nitrogen and oxygen atoms in total. The van der Waals surface area contributed by atoms with Crippen molar-refractivity contribution in [2.45, 2.75) is 124 Å². The maximum atomic E-state index is 13.1. The predicted molar refractivity (Wildman–Crippen MR) is 155 cm³/mol. The minimum atomic E-state index is -2.15. The highest BCUT2D eigenvalue weighted by atomic mass is 16.6. The summed E-state index contributed by atoms with van der Waals surface area (Å²) in [5.41, 5.74) is -2.61. The van der Waals surface area contributed by atoms with E-state index in [-0.39, 0.29) is 19.3 Å². The van der Waals surface area contributed by atoms with E-state index in [1.54, 1.807) is 26.8 Å². The monoisotopic (exact) mass is 636 g/mol. The van der Waals surface area contributed by atoms with Crippen LogP contribution in [-0.2, 0) is 57.2 Å². The number of hydrogen-bond donors (Lipinski definition) is 1. The van der Waals surface area contributed by atoms with E-state index in [9.17, 15) is 33.9 Å². The summed E-state index contributed by atoms with van der Waals surface area (Å²) in [6.45, 7) is 12.8. The minimum absolute atomic E-state index is 0.144. The molecule has 2 aliphatic carbocycles. The average Bonchev–Trinajstić information content (AvgIpc) is 3.11. The molecule has 250 valence electrons. The number of rotatable bonds is 7. The number of esters is 6. The van der Waals surface area contributed by atoms with Gasteiger partial charge < -0.3 is 33.5 Å². The molecule has 0 aromatic heterocycles. The van der Waals surface area contributed by atoms with Gasteiger partial charge in [0.05, 0.1) is 17.8 Å². The Bertz CT molecular complexity index is 1280. The third kappa shape index (κ3) is 7.40. The highest BCUT2D eigenvalue weighted by molar-refractivity contribution is 5.78. The van der Waals surface area contributed by atoms with E-state index >= 15 is 0 Å². The van der Waals surface area contributed by atoms with Crippen molar-refractivity contribution in [2.75, 3.05) is 0 Å². The molecule has 0 aromatic rings. The maximum Gasteiger partial charge on any atom is 0.312 e. The van der Waals surface area contributed by atoms with Gasteiger partial charge in [0, 0.05) is 46.5 Å². The van der Waals surface area contributed by atoms with E-state index in [0.29, 0.717) is 11.1 Å². The Hall–Kier alpha value is -3.74. The fourth-order valence-electron chi connectivity index (χ4n) is 6.92. The molecule has 3 rings (SSSR count). The van der Waals surface area contributed by atoms with Gasteiger partial charge in [-0.05, 0) is 39.3 Å². The largest absolute Gasteiger partial charge is 0.462 e. The third-order valence-corrected chi connectivity index (χ3v) is 9.06. The van der Waals surface area contributed by atoms with Crippen LogP contribution in [0.3, 0.4) is 0 Å². The first-order valence-electron chi connectivity index (χ1n) is 15.0. The van der Waals surface area contributed by atoms with Gasteiger partial charge in [-0.15, -0.1) is 0 Å². The van der Waals surface area contributed by atoms with Gasteiger partial charge in [-0.1, -0.05) is 18.6 Å². The summed E-state index contributed by atoms with van der Waals surface area (Å²) in [6, 6.07) is 0. The lowest BCUT2D eigenvalue weighted by Crippen LogP contribution is -2.65. The number of aliphatic hydroxyl groups is 1. The quantitative estimate of drug-likeness (QED) is 0.245. The molecule has 0 spiro atoms. The zero-order chi connectivity index (χ0) is 34.0. The Morgan fingerprint density at radius 3 is 2.07 bits per heavy atom. The Labute approximate surface area is 262 Å². The molecule has 0 radical (unpaired) electrons. The fraction of sp³-hybridized carbons (Fsp3) is 0.688. The SMILES string of the molecule is CC(=O)OC(C)CC(=O)O[C@@H]1C[C@@H](OC(C)=O)[C@@]2(C)C(OC(C)=O)CC=C(C)C2[C@@H](OC(C)=O)C2(O)C(/C=C\1C)OC(=O)C2C. The second-order valence-corrected chi connectivity index (χ2v) is 12.5. The molecule has 0 aromatic carbocycles. The smallest absolute Gasteiger partial charge is 0.312 e. The van der Waals surface area contributed by atoms with Gasteiger partial charge in [0.25, 0.3) is 0 Å². The van der Waals surface area contributed by atoms with Crippen LogP contribution < -0.4 is 0 Å². The zero-order valence-electron chi connectivity index (χ0n) is 27.2. The maximum absolute atomic E-state index is 13.1. The lowest BCUT2D eigenvalue weighted by molar-refractivity contribution is -0.218. The van der Waals surface area contributed by atoms with Crippen LogP contribution in [0.25, 0.3) is 0 Å². The summed E-state index contributed by atoms with van der Waals surface area (Å²) in [6.07, 6.45) is -3.82. The second kappa shape index (κ2) is 13.7. The van der Waals surface area contributed by atoms with E-state index in [0.717, 1.165) is 0 Å². The summed E-state index contributed by atoms with van der Waals surface area (Å²) in [4.78, 5) is 75.2. The summed E-state index contributed by atoms with van der Waals surface area (Å²) in [5, 5.41) is 12.5. The third-order valence-electron chi connectivity index (χ3n) is 9.06. The molecule has 1 aliphatic heterocycles. The van der Waals surface area contributed by atoms with Crippen LogP contribution in [0, 0.1) is 17.3 Å². The van der Waals surface area contributed by atoms with E-state index in [4.69, 9.17) is 28.4 Å². The Morgan fingerprint density at radius 2 is 1.51 bits per heavy atom. The van der Waals surface area contributed by atoms with Crippen LogP contribution in [0.15, 0.2) is 23.3 Å². The molecule has 13 heteroatoms. The molecule has 3 aliphatic rings. The van der Waals surface area contributed by atoms with Crippen molar-refractivity contribution in [3.05, 3.63) is 23.3 Å². The molecule has 0 bridgehead atoms. The Morgan fingerprint density at radius 1 is 0.933 bits per heavy atom. The number of carbonyl (C=O) groups is 6. The van der Waals surface area contributed by atoms with Crippen molar-refractivity contribution < 1.29 is 62.3 Å². The van der Waals surface area contributed by atoms with Crippen molar-refractivity contribution >= 4 is 35.8 Å². The van der Waals surface area contributed by atoms with Crippen molar-refractivity contribution in [3.63, 3.8) is 0 Å². The molecule has 6 unspecified atom stereocenters. The molecule has 10 atom stereocenters. The van der Waals surface area contributed by atoms with E-state index in [1.165, 1.54) is 47.6 Å². The topological polar surface area (TPSA) is 178 Å². The molecule has 0 saturated carbocycles. The summed E-state index contributed by atoms with van der Waals surface area (Å²) in [7, 11) is 0. The molecular weight excluding hydrogens is 592 g/mol. The molecule has 1 heterocycles. The van der Waals surface area contributed by atoms with Gasteiger partial charge in [0.2, 0.25) is 0 Å². The number of fused-ring (bicyclic) bond motifs is 2. The molecule has 45 heavy (non-hydrogen) atoms. The summed E-state index contributed by atoms with van der Waals surface area (Å²) < 4.78 is 34.2. The summed E-state index contributed by atoms with van der Waals surface area (Å²) >= 11 is 0. The van der Waals surface area contributed by atoms with E-state index < -0.39 is 95.3 Å². The van der Waals surface area contributed by atoms with Crippen molar-refractivity contribution in [2.24, 2.45) is 17.3 Å². The zero-order valence-corrected chi connectivity index (χ0v) is 27.2. The van der Waals surface area contributed by atoms with Gasteiger partial charge in [-0.3, -0.25) is 28.8 Å². The van der Waals surface area contributed by atoms with Crippen LogP contribution in [0.5, 0.6) is 0 Å². The first-order chi connectivity index (χ1) is 20.8. The standard InChI is InChI=1S/C32H44O13/c1-15-10-11-24(41-20(6)34)31(9)25(42-21(7)35)14-23(44-27(37)13-17(3)40-19(5)33)16(2)12-26-32(39,18(4)30(38)45-26)29(28(15)31)43-22(8)36/h10,12,17-18,23-26,28-29,39H,11,13-14H2,1-9H3/b16-12-/t17?,18?,23-,24?,25-,26?,28?,29-,31-,32?/m1/s1. The molecule has 0 amide bonds. The lowest BCUT2D eigenvalue weighted by atomic mass is 9.56. The van der Waals surface area contributed by atoms with Crippen LogP contribution in [0.4, 0.5) is 0 Å². The highest BCUT2D eigenvalue weighted by Crippen LogP contribution is 2.55. The molecular formula is C32H44O13. The van der Waals surface area contributed by atoms with Crippen molar-refractivity contribution in [1.82, 2.24) is 0 Å². The first-order valence-corrected chi connectivity index (χ1v) is 15.0. The van der Waals surface area contributed by atoms with Gasteiger partial charge in [0.15, 0.2) is 11.7 Å². The van der Waals surface area contributed by atoms with Gasteiger partial charge in [-0.2, -0.15) is 0 Å². The minimum Gasteiger partial charge on any atom is -0.462 e. The number of ether oxygens (including phenoxy) is 6. The van der Waals surface area contributed by atoms with Crippen LogP contribution in [0.1, 0.15) is 81.6 Å². The fourth-order valence-corrected chi connectivity index (χ4v) is 6.92. The van der Waals surface area contributed by atoms with E-state index in [2.05, 4.69) is 0 Å². The van der Waals surface area contributed by atoms with Gasteiger partial charge >= 0.3 is 35.8 Å². The van der Waals surface area contributed by atoms with Crippen molar-refractivity contribution in [3.8, 4) is 0 Å². The molecule has 1 N–H and O–H groups in total. The van der Waals surface area contributed by atoms with E-state index in [1.807, 2.05) is 0 Å². The Balaban J connectivity index is 2.32. The number of carbonyl (C=O) groups excluding carboxylic acids is 6. The van der Waals surface area contributed by atoms with Crippen LogP contribution >= 0.6 is 0 Å². The van der Waals surface area contributed by atoms with Gasteiger partial charge in [0.1, 0.15) is 30.5 Å². The second-order valence-electron chi connectivity index (χ2n) is 12.5. The average molecular weight is 637 g/mol. The highest BCUT2D eigenvalue weighted by Gasteiger charge is 2.67.